The van der Waals surface area contributed by atoms with Crippen LogP contribution < -0.4 is 4.74 Å². The fourth-order valence-electron chi connectivity index (χ4n) is 2.64. The van der Waals surface area contributed by atoms with E-state index in [4.69, 9.17) is 4.74 Å². The molecule has 0 aliphatic rings. The second-order valence-corrected chi connectivity index (χ2v) is 5.75. The average molecular weight is 310 g/mol. The molecule has 0 saturated heterocycles. The van der Waals surface area contributed by atoms with E-state index in [2.05, 4.69) is 54.7 Å². The van der Waals surface area contributed by atoms with Crippen LogP contribution in [0.4, 0.5) is 0 Å². The predicted octanol–water partition coefficient (Wildman–Crippen LogP) is 4.40. The summed E-state index contributed by atoms with van der Waals surface area (Å²) in [5.74, 6) is 0.958. The fraction of sp³-hybridized carbons (Fsp3) is 0.350. The Labute approximate surface area is 139 Å². The van der Waals surface area contributed by atoms with Crippen LogP contribution in [0.1, 0.15) is 36.6 Å². The summed E-state index contributed by atoms with van der Waals surface area (Å²) in [5, 5.41) is 0. The first kappa shape index (κ1) is 17.2. The summed E-state index contributed by atoms with van der Waals surface area (Å²) in [6.07, 6.45) is 6.49. The van der Waals surface area contributed by atoms with E-state index in [9.17, 15) is 0 Å². The lowest BCUT2D eigenvalue weighted by molar-refractivity contribution is 0.252. The molecule has 1 atom stereocenters. The molecule has 0 N–H and O–H groups in total. The highest BCUT2D eigenvalue weighted by atomic mass is 16.5. The zero-order valence-corrected chi connectivity index (χ0v) is 14.3. The van der Waals surface area contributed by atoms with Crippen molar-refractivity contribution in [1.82, 2.24) is 9.88 Å². The van der Waals surface area contributed by atoms with Gasteiger partial charge in [-0.05, 0) is 56.1 Å². The third kappa shape index (κ3) is 4.67. The van der Waals surface area contributed by atoms with Crippen molar-refractivity contribution < 1.29 is 4.74 Å². The van der Waals surface area contributed by atoms with Gasteiger partial charge in [-0.2, -0.15) is 0 Å². The van der Waals surface area contributed by atoms with E-state index >= 15 is 0 Å². The summed E-state index contributed by atoms with van der Waals surface area (Å²) in [4.78, 5) is 6.54. The molecule has 122 valence electrons. The van der Waals surface area contributed by atoms with Gasteiger partial charge in [-0.1, -0.05) is 24.3 Å². The Morgan fingerprint density at radius 3 is 2.83 bits per heavy atom. The maximum absolute atomic E-state index is 5.70. The molecule has 1 aromatic heterocycles. The molecular formula is C20H26N2O. The minimum atomic E-state index is 0.318. The van der Waals surface area contributed by atoms with Gasteiger partial charge in [0.2, 0.25) is 0 Å². The molecule has 0 radical (unpaired) electrons. The Bertz CT molecular complexity index is 625. The zero-order chi connectivity index (χ0) is 16.7. The zero-order valence-electron chi connectivity index (χ0n) is 14.3. The van der Waals surface area contributed by atoms with E-state index in [0.29, 0.717) is 12.6 Å². The molecule has 1 heterocycles. The molecule has 3 nitrogen and oxygen atoms in total. The van der Waals surface area contributed by atoms with E-state index in [1.54, 1.807) is 0 Å². The first-order valence-electron chi connectivity index (χ1n) is 8.11. The molecule has 2 aromatic rings. The predicted molar refractivity (Wildman–Crippen MR) is 95.6 cm³/mol. The number of ether oxygens (including phenoxy) is 1. The molecule has 1 unspecified atom stereocenters. The third-order valence-corrected chi connectivity index (χ3v) is 4.05. The van der Waals surface area contributed by atoms with Crippen molar-refractivity contribution >= 4 is 0 Å². The van der Waals surface area contributed by atoms with Crippen molar-refractivity contribution in [2.75, 3.05) is 13.7 Å². The molecule has 2 rings (SSSR count). The second-order valence-electron chi connectivity index (χ2n) is 5.75. The Morgan fingerprint density at radius 2 is 2.17 bits per heavy atom. The number of benzene rings is 1. The van der Waals surface area contributed by atoms with Crippen molar-refractivity contribution in [3.05, 3.63) is 72.1 Å². The lowest BCUT2D eigenvalue weighted by Crippen LogP contribution is -2.22. The molecule has 0 amide bonds. The van der Waals surface area contributed by atoms with Gasteiger partial charge in [0.1, 0.15) is 5.75 Å². The molecule has 0 aliphatic heterocycles. The second kappa shape index (κ2) is 8.49. The number of hydrogen-bond donors (Lipinski definition) is 0. The van der Waals surface area contributed by atoms with Crippen LogP contribution >= 0.6 is 0 Å². The first-order chi connectivity index (χ1) is 11.2. The quantitative estimate of drug-likeness (QED) is 0.676. The maximum atomic E-state index is 5.70. The highest BCUT2D eigenvalue weighted by Crippen LogP contribution is 2.24. The molecular weight excluding hydrogens is 284 g/mol. The first-order valence-corrected chi connectivity index (χ1v) is 8.11. The summed E-state index contributed by atoms with van der Waals surface area (Å²) in [5.41, 5.74) is 3.71. The number of rotatable bonds is 8. The molecule has 3 heteroatoms. The van der Waals surface area contributed by atoms with Crippen LogP contribution in [0.25, 0.3) is 0 Å². The van der Waals surface area contributed by atoms with Gasteiger partial charge in [0.15, 0.2) is 0 Å². The van der Waals surface area contributed by atoms with Gasteiger partial charge in [-0.25, -0.2) is 0 Å². The minimum absolute atomic E-state index is 0.318. The lowest BCUT2D eigenvalue weighted by atomic mass is 10.0. The fourth-order valence-corrected chi connectivity index (χ4v) is 2.64. The van der Waals surface area contributed by atoms with Crippen LogP contribution in [0, 0.1) is 0 Å². The smallest absolute Gasteiger partial charge is 0.122 e. The Balaban J connectivity index is 2.12. The third-order valence-electron chi connectivity index (χ3n) is 4.05. The largest absolute Gasteiger partial charge is 0.494 e. The Morgan fingerprint density at radius 1 is 1.35 bits per heavy atom. The normalized spacial score (nSPS) is 12.2. The molecule has 0 spiro atoms. The van der Waals surface area contributed by atoms with Crippen LogP contribution in [0.3, 0.4) is 0 Å². The Hall–Kier alpha value is -2.13. The average Bonchev–Trinajstić information content (AvgIpc) is 2.57. The highest BCUT2D eigenvalue weighted by Gasteiger charge is 2.13. The van der Waals surface area contributed by atoms with Crippen LogP contribution in [-0.2, 0) is 13.0 Å². The number of aromatic nitrogens is 1. The molecule has 0 bridgehead atoms. The van der Waals surface area contributed by atoms with Crippen molar-refractivity contribution in [1.29, 1.82) is 0 Å². The maximum Gasteiger partial charge on any atom is 0.122 e. The van der Waals surface area contributed by atoms with Gasteiger partial charge in [-0.3, -0.25) is 9.88 Å². The summed E-state index contributed by atoms with van der Waals surface area (Å²) in [6, 6.07) is 10.9. The van der Waals surface area contributed by atoms with Crippen LogP contribution in [-0.4, -0.2) is 23.5 Å². The van der Waals surface area contributed by atoms with Crippen LogP contribution in [0.2, 0.25) is 0 Å². The summed E-state index contributed by atoms with van der Waals surface area (Å²) in [7, 11) is 2.14. The number of pyridine rings is 1. The van der Waals surface area contributed by atoms with Gasteiger partial charge in [0.25, 0.3) is 0 Å². The summed E-state index contributed by atoms with van der Waals surface area (Å²) < 4.78 is 5.70. The van der Waals surface area contributed by atoms with Gasteiger partial charge in [0.05, 0.1) is 6.61 Å². The molecule has 0 fully saturated rings. The molecule has 0 saturated carbocycles. The lowest BCUT2D eigenvalue weighted by Gasteiger charge is -2.25. The SMILES string of the molecule is C=CCc1cc(CN(C)C(C)c2cccnc2)ccc1OCC. The molecule has 0 aliphatic carbocycles. The van der Waals surface area contributed by atoms with Crippen molar-refractivity contribution in [3.63, 3.8) is 0 Å². The molecule has 1 aromatic carbocycles. The standard InChI is InChI=1S/C20H26N2O/c1-5-8-18-13-17(10-11-20(18)23-6-2)15-22(4)16(3)19-9-7-12-21-14-19/h5,7,9-14,16H,1,6,8,15H2,2-4H3. The summed E-state index contributed by atoms with van der Waals surface area (Å²) >= 11 is 0. The van der Waals surface area contributed by atoms with E-state index in [0.717, 1.165) is 18.7 Å². The molecule has 23 heavy (non-hydrogen) atoms. The van der Waals surface area contributed by atoms with Crippen LogP contribution in [0.5, 0.6) is 5.75 Å². The number of nitrogens with zero attached hydrogens (tertiary/aromatic N) is 2. The van der Waals surface area contributed by atoms with Crippen molar-refractivity contribution in [3.8, 4) is 5.75 Å². The van der Waals surface area contributed by atoms with E-state index < -0.39 is 0 Å². The van der Waals surface area contributed by atoms with Gasteiger partial charge >= 0.3 is 0 Å². The summed E-state index contributed by atoms with van der Waals surface area (Å²) in [6.45, 7) is 9.62. The topological polar surface area (TPSA) is 25.4 Å². The van der Waals surface area contributed by atoms with Crippen molar-refractivity contribution in [2.24, 2.45) is 0 Å². The minimum Gasteiger partial charge on any atom is -0.494 e. The monoisotopic (exact) mass is 310 g/mol. The van der Waals surface area contributed by atoms with E-state index in [-0.39, 0.29) is 0 Å². The van der Waals surface area contributed by atoms with Gasteiger partial charge in [0, 0.05) is 25.0 Å². The van der Waals surface area contributed by atoms with Crippen LogP contribution in [0.15, 0.2) is 55.4 Å². The van der Waals surface area contributed by atoms with Crippen molar-refractivity contribution in [2.45, 2.75) is 32.9 Å². The van der Waals surface area contributed by atoms with E-state index in [1.807, 2.05) is 31.5 Å². The highest BCUT2D eigenvalue weighted by molar-refractivity contribution is 5.38. The van der Waals surface area contributed by atoms with Gasteiger partial charge in [-0.15, -0.1) is 6.58 Å². The number of hydrogen-bond acceptors (Lipinski definition) is 3. The van der Waals surface area contributed by atoms with Gasteiger partial charge < -0.3 is 4.74 Å². The Kier molecular flexibility index (Phi) is 6.36. The number of allylic oxidation sites excluding steroid dienone is 1. The van der Waals surface area contributed by atoms with E-state index in [1.165, 1.54) is 16.7 Å².